The van der Waals surface area contributed by atoms with E-state index in [0.717, 1.165) is 36.2 Å². The number of benzene rings is 1. The molecule has 0 atom stereocenters. The van der Waals surface area contributed by atoms with E-state index >= 15 is 0 Å². The normalized spacial score (nSPS) is 17.3. The fourth-order valence-electron chi connectivity index (χ4n) is 2.22. The molecule has 1 aromatic heterocycles. The lowest BCUT2D eigenvalue weighted by atomic mass is 10.1. The zero-order valence-electron chi connectivity index (χ0n) is 9.89. The average Bonchev–Trinajstić information content (AvgIpc) is 2.96. The first-order valence-corrected chi connectivity index (χ1v) is 5.88. The molecule has 90 valence electrons. The van der Waals surface area contributed by atoms with Gasteiger partial charge in [-0.3, -0.25) is 0 Å². The van der Waals surface area contributed by atoms with E-state index in [1.807, 2.05) is 25.2 Å². The predicted molar refractivity (Wildman–Crippen MR) is 66.0 cm³/mol. The van der Waals surface area contributed by atoms with Gasteiger partial charge < -0.3 is 14.4 Å². The van der Waals surface area contributed by atoms with Crippen LogP contribution in [0.3, 0.4) is 0 Å². The molecule has 1 N–H and O–H groups in total. The van der Waals surface area contributed by atoms with E-state index in [2.05, 4.69) is 9.88 Å². The van der Waals surface area contributed by atoms with Crippen molar-refractivity contribution in [2.24, 2.45) is 5.41 Å². The maximum absolute atomic E-state index is 9.34. The van der Waals surface area contributed by atoms with Crippen molar-refractivity contribution in [2.75, 3.05) is 25.1 Å². The van der Waals surface area contributed by atoms with Crippen molar-refractivity contribution in [3.8, 4) is 0 Å². The van der Waals surface area contributed by atoms with Gasteiger partial charge in [0.25, 0.3) is 0 Å². The van der Waals surface area contributed by atoms with E-state index in [0.29, 0.717) is 0 Å². The minimum absolute atomic E-state index is 0.130. The van der Waals surface area contributed by atoms with Crippen molar-refractivity contribution in [2.45, 2.75) is 12.8 Å². The van der Waals surface area contributed by atoms with Crippen molar-refractivity contribution < 1.29 is 9.52 Å². The largest absolute Gasteiger partial charge is 0.443 e. The van der Waals surface area contributed by atoms with Crippen LogP contribution in [0, 0.1) is 5.41 Å². The summed E-state index contributed by atoms with van der Waals surface area (Å²) in [5.41, 5.74) is 2.92. The summed E-state index contributed by atoms with van der Waals surface area (Å²) in [5, 5.41) is 9.34. The SMILES string of the molecule is CN(CC1(CO)CC1)c1ccc2ncoc2c1. The summed E-state index contributed by atoms with van der Waals surface area (Å²) in [4.78, 5) is 6.27. The quantitative estimate of drug-likeness (QED) is 0.876. The first-order chi connectivity index (χ1) is 8.22. The average molecular weight is 232 g/mol. The molecule has 17 heavy (non-hydrogen) atoms. The molecule has 0 radical (unpaired) electrons. The highest BCUT2D eigenvalue weighted by Gasteiger charge is 2.42. The maximum Gasteiger partial charge on any atom is 0.181 e. The van der Waals surface area contributed by atoms with E-state index in [9.17, 15) is 5.11 Å². The van der Waals surface area contributed by atoms with Crippen LogP contribution in [0.1, 0.15) is 12.8 Å². The van der Waals surface area contributed by atoms with Gasteiger partial charge in [0.2, 0.25) is 0 Å². The Morgan fingerprint density at radius 3 is 3.00 bits per heavy atom. The molecule has 0 unspecified atom stereocenters. The van der Waals surface area contributed by atoms with Crippen molar-refractivity contribution in [1.82, 2.24) is 4.98 Å². The molecule has 1 saturated carbocycles. The number of hydrogen-bond acceptors (Lipinski definition) is 4. The van der Waals surface area contributed by atoms with Crippen LogP contribution in [0.4, 0.5) is 5.69 Å². The Kier molecular flexibility index (Phi) is 2.33. The third-order valence-corrected chi connectivity index (χ3v) is 3.62. The number of nitrogens with zero attached hydrogens (tertiary/aromatic N) is 2. The molecular formula is C13H16N2O2. The number of hydrogen-bond donors (Lipinski definition) is 1. The molecule has 4 heteroatoms. The predicted octanol–water partition coefficient (Wildman–Crippen LogP) is 2.04. The molecule has 1 aliphatic rings. The summed E-state index contributed by atoms with van der Waals surface area (Å²) < 4.78 is 5.29. The van der Waals surface area contributed by atoms with Crippen molar-refractivity contribution >= 4 is 16.8 Å². The Morgan fingerprint density at radius 1 is 1.47 bits per heavy atom. The topological polar surface area (TPSA) is 49.5 Å². The first kappa shape index (κ1) is 10.6. The number of aliphatic hydroxyl groups is 1. The van der Waals surface area contributed by atoms with Crippen LogP contribution in [-0.4, -0.2) is 30.3 Å². The van der Waals surface area contributed by atoms with Crippen LogP contribution < -0.4 is 4.90 Å². The highest BCUT2D eigenvalue weighted by molar-refractivity contribution is 5.77. The number of fused-ring (bicyclic) bond motifs is 1. The molecule has 1 fully saturated rings. The van der Waals surface area contributed by atoms with Gasteiger partial charge in [0.05, 0.1) is 6.61 Å². The van der Waals surface area contributed by atoms with E-state index < -0.39 is 0 Å². The minimum Gasteiger partial charge on any atom is -0.443 e. The lowest BCUT2D eigenvalue weighted by molar-refractivity contribution is 0.215. The summed E-state index contributed by atoms with van der Waals surface area (Å²) in [6.45, 7) is 1.17. The standard InChI is InChI=1S/C13H16N2O2/c1-15(7-13(8-16)4-5-13)10-2-3-11-12(6-10)17-9-14-11/h2-3,6,9,16H,4-5,7-8H2,1H3. The monoisotopic (exact) mass is 232 g/mol. The second-order valence-electron chi connectivity index (χ2n) is 5.02. The number of aliphatic hydroxyl groups excluding tert-OH is 1. The van der Waals surface area contributed by atoms with Crippen molar-refractivity contribution in [3.05, 3.63) is 24.6 Å². The second-order valence-corrected chi connectivity index (χ2v) is 5.02. The van der Waals surface area contributed by atoms with Gasteiger partial charge >= 0.3 is 0 Å². The molecule has 4 nitrogen and oxygen atoms in total. The smallest absolute Gasteiger partial charge is 0.181 e. The fourth-order valence-corrected chi connectivity index (χ4v) is 2.22. The lowest BCUT2D eigenvalue weighted by Gasteiger charge is -2.24. The van der Waals surface area contributed by atoms with E-state index in [1.165, 1.54) is 6.39 Å². The molecule has 2 aromatic rings. The molecule has 0 aliphatic heterocycles. The van der Waals surface area contributed by atoms with Crippen molar-refractivity contribution in [1.29, 1.82) is 0 Å². The summed E-state index contributed by atoms with van der Waals surface area (Å²) in [6, 6.07) is 6.00. The minimum atomic E-state index is 0.130. The zero-order valence-corrected chi connectivity index (χ0v) is 9.89. The Morgan fingerprint density at radius 2 is 2.29 bits per heavy atom. The van der Waals surface area contributed by atoms with Gasteiger partial charge in [-0.1, -0.05) is 0 Å². The van der Waals surface area contributed by atoms with Gasteiger partial charge in [-0.2, -0.15) is 0 Å². The van der Waals surface area contributed by atoms with E-state index in [1.54, 1.807) is 0 Å². The number of rotatable bonds is 4. The highest BCUT2D eigenvalue weighted by Crippen LogP contribution is 2.46. The summed E-state index contributed by atoms with van der Waals surface area (Å²) in [7, 11) is 2.05. The molecular weight excluding hydrogens is 216 g/mol. The van der Waals surface area contributed by atoms with E-state index in [4.69, 9.17) is 4.42 Å². The van der Waals surface area contributed by atoms with Gasteiger partial charge in [-0.05, 0) is 25.0 Å². The molecule has 0 bridgehead atoms. The number of anilines is 1. The number of oxazole rings is 1. The summed E-state index contributed by atoms with van der Waals surface area (Å²) in [6.07, 6.45) is 3.71. The fraction of sp³-hybridized carbons (Fsp3) is 0.462. The van der Waals surface area contributed by atoms with Gasteiger partial charge in [0.1, 0.15) is 5.52 Å². The third kappa shape index (κ3) is 1.89. The van der Waals surface area contributed by atoms with Crippen LogP contribution >= 0.6 is 0 Å². The second kappa shape index (κ2) is 3.74. The first-order valence-electron chi connectivity index (χ1n) is 5.88. The maximum atomic E-state index is 9.34. The van der Waals surface area contributed by atoms with Crippen LogP contribution in [0.5, 0.6) is 0 Å². The van der Waals surface area contributed by atoms with Crippen LogP contribution in [0.15, 0.2) is 29.0 Å². The Hall–Kier alpha value is -1.55. The Bertz CT molecular complexity index is 531. The highest BCUT2D eigenvalue weighted by atomic mass is 16.3. The lowest BCUT2D eigenvalue weighted by Crippen LogP contribution is -2.28. The Labute approximate surface area is 99.9 Å². The molecule has 3 rings (SSSR count). The Balaban J connectivity index is 1.82. The van der Waals surface area contributed by atoms with Crippen LogP contribution in [-0.2, 0) is 0 Å². The van der Waals surface area contributed by atoms with Crippen LogP contribution in [0.25, 0.3) is 11.1 Å². The molecule has 0 spiro atoms. The number of aromatic nitrogens is 1. The van der Waals surface area contributed by atoms with Gasteiger partial charge in [0, 0.05) is 30.8 Å². The zero-order chi connectivity index (χ0) is 11.9. The molecule has 1 heterocycles. The summed E-state index contributed by atoms with van der Waals surface area (Å²) in [5.74, 6) is 0. The van der Waals surface area contributed by atoms with Crippen LogP contribution in [0.2, 0.25) is 0 Å². The van der Waals surface area contributed by atoms with Crippen molar-refractivity contribution in [3.63, 3.8) is 0 Å². The molecule has 1 aliphatic carbocycles. The third-order valence-electron chi connectivity index (χ3n) is 3.62. The van der Waals surface area contributed by atoms with Gasteiger partial charge in [0.15, 0.2) is 12.0 Å². The summed E-state index contributed by atoms with van der Waals surface area (Å²) >= 11 is 0. The van der Waals surface area contributed by atoms with Gasteiger partial charge in [-0.25, -0.2) is 4.98 Å². The molecule has 0 amide bonds. The van der Waals surface area contributed by atoms with E-state index in [-0.39, 0.29) is 12.0 Å². The van der Waals surface area contributed by atoms with Gasteiger partial charge in [-0.15, -0.1) is 0 Å². The molecule has 0 saturated heterocycles. The molecule has 1 aromatic carbocycles.